The van der Waals surface area contributed by atoms with Gasteiger partial charge in [0.25, 0.3) is 0 Å². The first kappa shape index (κ1) is 20.1. The summed E-state index contributed by atoms with van der Waals surface area (Å²) in [5, 5.41) is 0. The Kier molecular flexibility index (Phi) is 5.18. The van der Waals surface area contributed by atoms with Crippen LogP contribution in [0.3, 0.4) is 0 Å². The largest absolute Gasteiger partial charge is 0.523 e. The van der Waals surface area contributed by atoms with Crippen molar-refractivity contribution >= 4 is 10.1 Å². The fourth-order valence-corrected chi connectivity index (χ4v) is 1.13. The van der Waals surface area contributed by atoms with E-state index in [2.05, 4.69) is 4.18 Å². The molecule has 0 radical (unpaired) electrons. The smallest absolute Gasteiger partial charge is 0.257 e. The van der Waals surface area contributed by atoms with Crippen molar-refractivity contribution in [3.8, 4) is 0 Å². The van der Waals surface area contributed by atoms with E-state index in [0.29, 0.717) is 0 Å². The highest BCUT2D eigenvalue weighted by Gasteiger charge is 2.75. The van der Waals surface area contributed by atoms with Crippen LogP contribution in [0.2, 0.25) is 0 Å². The first-order chi connectivity index (χ1) is 8.90. The molecule has 0 aliphatic heterocycles. The third-order valence-electron chi connectivity index (χ3n) is 1.83. The van der Waals surface area contributed by atoms with Gasteiger partial charge in [0.05, 0.1) is 0 Å². The lowest BCUT2D eigenvalue weighted by atomic mass is 10.1. The lowest BCUT2D eigenvalue weighted by Gasteiger charge is -2.31. The fourth-order valence-electron chi connectivity index (χ4n) is 0.690. The van der Waals surface area contributed by atoms with Crippen molar-refractivity contribution in [2.24, 2.45) is 0 Å². The molecule has 128 valence electrons. The highest BCUT2D eigenvalue weighted by Crippen LogP contribution is 2.48. The number of rotatable bonds is 6. The van der Waals surface area contributed by atoms with Crippen LogP contribution in [0.5, 0.6) is 0 Å². The molecule has 0 amide bonds. The summed E-state index contributed by atoms with van der Waals surface area (Å²) in [6.45, 7) is -3.41. The van der Waals surface area contributed by atoms with Crippen molar-refractivity contribution < 1.29 is 60.9 Å². The molecule has 0 fully saturated rings. The summed E-state index contributed by atoms with van der Waals surface area (Å²) in [5.74, 6) is -19.8. The van der Waals surface area contributed by atoms with Crippen molar-refractivity contribution in [3.63, 3.8) is 0 Å². The van der Waals surface area contributed by atoms with Crippen LogP contribution in [0.4, 0.5) is 48.3 Å². The van der Waals surface area contributed by atoms with E-state index < -0.39 is 46.4 Å². The van der Waals surface area contributed by atoms with Gasteiger partial charge in [-0.25, -0.2) is 8.78 Å². The average molecular weight is 364 g/mol. The Labute approximate surface area is 108 Å². The van der Waals surface area contributed by atoms with Gasteiger partial charge in [-0.3, -0.25) is 4.18 Å². The summed E-state index contributed by atoms with van der Waals surface area (Å²) in [6, 6.07) is 0. The normalized spacial score (nSPS) is 15.6. The zero-order valence-corrected chi connectivity index (χ0v) is 9.89. The van der Waals surface area contributed by atoms with Gasteiger partial charge in [0.2, 0.25) is 0 Å². The zero-order valence-electron chi connectivity index (χ0n) is 9.08. The minimum atomic E-state index is -6.87. The molecule has 0 bridgehead atoms. The van der Waals surface area contributed by atoms with Crippen LogP contribution in [0.1, 0.15) is 0 Å². The number of hydrogen-bond donors (Lipinski definition) is 0. The van der Waals surface area contributed by atoms with Crippen LogP contribution in [0.25, 0.3) is 0 Å². The quantitative estimate of drug-likeness (QED) is 0.414. The molecule has 0 aliphatic carbocycles. The van der Waals surface area contributed by atoms with Crippen molar-refractivity contribution in [2.45, 2.75) is 29.7 Å². The maximum absolute atomic E-state index is 12.7. The molecule has 0 atom stereocenters. The van der Waals surface area contributed by atoms with Gasteiger partial charge in [0.15, 0.2) is 0 Å². The van der Waals surface area contributed by atoms with Crippen molar-refractivity contribution in [1.82, 2.24) is 0 Å². The summed E-state index contributed by atoms with van der Waals surface area (Å²) in [4.78, 5) is 0. The van der Waals surface area contributed by atoms with E-state index in [1.54, 1.807) is 0 Å². The highest BCUT2D eigenvalue weighted by atomic mass is 32.2. The summed E-state index contributed by atoms with van der Waals surface area (Å²) in [6.07, 6.45) is -5.29. The minimum absolute atomic E-state index is 2.46. The minimum Gasteiger partial charge on any atom is -0.257 e. The Balaban J connectivity index is 5.34. The van der Waals surface area contributed by atoms with Gasteiger partial charge < -0.3 is 0 Å². The third kappa shape index (κ3) is 3.67. The maximum atomic E-state index is 12.7. The Bertz CT molecular complexity index is 465. The molecule has 0 heterocycles. The van der Waals surface area contributed by atoms with Gasteiger partial charge in [0.1, 0.15) is 6.61 Å². The second-order valence-corrected chi connectivity index (χ2v) is 4.97. The van der Waals surface area contributed by atoms with Gasteiger partial charge >= 0.3 is 39.8 Å². The number of alkyl halides is 11. The van der Waals surface area contributed by atoms with Crippen LogP contribution in [-0.2, 0) is 14.3 Å². The van der Waals surface area contributed by atoms with Gasteiger partial charge in [-0.05, 0) is 0 Å². The third-order valence-corrected chi connectivity index (χ3v) is 2.83. The van der Waals surface area contributed by atoms with E-state index in [4.69, 9.17) is 0 Å². The van der Waals surface area contributed by atoms with E-state index in [-0.39, 0.29) is 0 Å². The standard InChI is InChI=1S/C6H3F11O3S/c7-2(8)4(11,12)5(13,14)3(9,10)1-20-21(18,19)6(15,16)17/h2H,1H2. The summed E-state index contributed by atoms with van der Waals surface area (Å²) >= 11 is 0. The van der Waals surface area contributed by atoms with Gasteiger partial charge in [-0.1, -0.05) is 0 Å². The summed E-state index contributed by atoms with van der Waals surface area (Å²) in [5.41, 5.74) is -6.30. The Morgan fingerprint density at radius 3 is 1.52 bits per heavy atom. The molecule has 0 aromatic heterocycles. The molecule has 0 N–H and O–H groups in total. The van der Waals surface area contributed by atoms with Gasteiger partial charge in [-0.2, -0.15) is 47.9 Å². The van der Waals surface area contributed by atoms with Gasteiger partial charge in [0, 0.05) is 0 Å². The highest BCUT2D eigenvalue weighted by molar-refractivity contribution is 7.87. The molecule has 0 rings (SSSR count). The molecule has 0 unspecified atom stereocenters. The predicted molar refractivity (Wildman–Crippen MR) is 41.8 cm³/mol. The van der Waals surface area contributed by atoms with Crippen molar-refractivity contribution in [2.75, 3.05) is 6.61 Å². The molecule has 0 aromatic rings. The molecule has 0 saturated heterocycles. The lowest BCUT2D eigenvalue weighted by molar-refractivity contribution is -0.342. The summed E-state index contributed by atoms with van der Waals surface area (Å²) in [7, 11) is -6.80. The van der Waals surface area contributed by atoms with Crippen LogP contribution in [-0.4, -0.2) is 44.7 Å². The molecule has 0 saturated carbocycles. The maximum Gasteiger partial charge on any atom is 0.523 e. The van der Waals surface area contributed by atoms with Gasteiger partial charge in [-0.15, -0.1) is 0 Å². The molecular formula is C6H3F11O3S. The van der Waals surface area contributed by atoms with E-state index in [1.807, 2.05) is 0 Å². The molecule has 15 heteroatoms. The van der Waals surface area contributed by atoms with E-state index in [9.17, 15) is 56.7 Å². The Morgan fingerprint density at radius 2 is 1.24 bits per heavy atom. The van der Waals surface area contributed by atoms with Crippen molar-refractivity contribution in [1.29, 1.82) is 0 Å². The molecule has 0 spiro atoms. The van der Waals surface area contributed by atoms with Crippen LogP contribution >= 0.6 is 0 Å². The van der Waals surface area contributed by atoms with Crippen LogP contribution in [0, 0.1) is 0 Å². The first-order valence-electron chi connectivity index (χ1n) is 4.27. The topological polar surface area (TPSA) is 43.4 Å². The predicted octanol–water partition coefficient (Wildman–Crippen LogP) is 3.02. The average Bonchev–Trinajstić information content (AvgIpc) is 2.24. The second kappa shape index (κ2) is 5.40. The molecular weight excluding hydrogens is 361 g/mol. The Hall–Kier alpha value is -0.860. The lowest BCUT2D eigenvalue weighted by Crippen LogP contribution is -2.59. The van der Waals surface area contributed by atoms with E-state index in [1.165, 1.54) is 0 Å². The number of hydrogen-bond acceptors (Lipinski definition) is 3. The molecule has 0 aliphatic rings. The van der Waals surface area contributed by atoms with Crippen LogP contribution < -0.4 is 0 Å². The summed E-state index contributed by atoms with van der Waals surface area (Å²) < 4.78 is 156. The zero-order chi connectivity index (χ0) is 17.5. The Morgan fingerprint density at radius 1 is 0.857 bits per heavy atom. The fraction of sp³-hybridized carbons (Fsp3) is 1.00. The second-order valence-electron chi connectivity index (χ2n) is 3.36. The molecule has 0 aromatic carbocycles. The van der Waals surface area contributed by atoms with Crippen molar-refractivity contribution in [3.05, 3.63) is 0 Å². The molecule has 21 heavy (non-hydrogen) atoms. The first-order valence-corrected chi connectivity index (χ1v) is 5.68. The molecule has 3 nitrogen and oxygen atoms in total. The monoisotopic (exact) mass is 364 g/mol. The number of halogens is 11. The van der Waals surface area contributed by atoms with E-state index >= 15 is 0 Å². The van der Waals surface area contributed by atoms with E-state index in [0.717, 1.165) is 0 Å². The van der Waals surface area contributed by atoms with Crippen LogP contribution in [0.15, 0.2) is 0 Å². The SMILES string of the molecule is O=S(=O)(OCC(F)(F)C(F)(F)C(F)(F)C(F)F)C(F)(F)F.